The molecule has 0 aromatic carbocycles. The molecule has 8 nitrogen and oxygen atoms in total. The van der Waals surface area contributed by atoms with Gasteiger partial charge in [-0.3, -0.25) is 14.5 Å². The van der Waals surface area contributed by atoms with Crippen molar-refractivity contribution in [3.8, 4) is 0 Å². The summed E-state index contributed by atoms with van der Waals surface area (Å²) in [5.41, 5.74) is 0. The van der Waals surface area contributed by atoms with Gasteiger partial charge in [0.25, 0.3) is 0 Å². The quantitative estimate of drug-likeness (QED) is 0.567. The lowest BCUT2D eigenvalue weighted by Crippen LogP contribution is -2.54. The van der Waals surface area contributed by atoms with E-state index in [0.717, 1.165) is 25.9 Å². The topological polar surface area (TPSA) is 100 Å². The summed E-state index contributed by atoms with van der Waals surface area (Å²) in [6.07, 6.45) is 6.83. The second kappa shape index (κ2) is 11.1. The summed E-state index contributed by atoms with van der Waals surface area (Å²) in [5, 5.41) is 15.8. The van der Waals surface area contributed by atoms with E-state index in [2.05, 4.69) is 15.5 Å². The van der Waals surface area contributed by atoms with Gasteiger partial charge in [-0.25, -0.2) is 0 Å². The normalized spacial score (nSPS) is 30.0. The molecule has 160 valence electrons. The Labute approximate surface area is 167 Å². The van der Waals surface area contributed by atoms with Crippen LogP contribution in [-0.2, 0) is 19.1 Å². The molecule has 0 unspecified atom stereocenters. The molecule has 2 amide bonds. The van der Waals surface area contributed by atoms with Crippen molar-refractivity contribution in [3.05, 3.63) is 0 Å². The van der Waals surface area contributed by atoms with Gasteiger partial charge in [0, 0.05) is 19.1 Å². The summed E-state index contributed by atoms with van der Waals surface area (Å²) in [7, 11) is 0. The molecule has 1 aliphatic carbocycles. The van der Waals surface area contributed by atoms with Gasteiger partial charge in [0.05, 0.1) is 44.9 Å². The summed E-state index contributed by atoms with van der Waals surface area (Å²) >= 11 is 0. The molecule has 2 aliphatic heterocycles. The average Bonchev–Trinajstić information content (AvgIpc) is 2.70. The molecule has 3 fully saturated rings. The molecule has 0 radical (unpaired) electrons. The number of nitrogens with zero attached hydrogens (tertiary/aromatic N) is 1. The summed E-state index contributed by atoms with van der Waals surface area (Å²) in [5.74, 6) is -0.0224. The number of amides is 2. The Morgan fingerprint density at radius 3 is 2.43 bits per heavy atom. The highest BCUT2D eigenvalue weighted by atomic mass is 16.5. The molecule has 3 aliphatic rings. The average molecular weight is 398 g/mol. The lowest BCUT2D eigenvalue weighted by atomic mass is 9.94. The van der Waals surface area contributed by atoms with Gasteiger partial charge < -0.3 is 25.2 Å². The fourth-order valence-corrected chi connectivity index (χ4v) is 4.40. The Balaban J connectivity index is 1.39. The van der Waals surface area contributed by atoms with Crippen LogP contribution >= 0.6 is 0 Å². The van der Waals surface area contributed by atoms with Crippen molar-refractivity contribution < 1.29 is 24.2 Å². The number of carbonyl (C=O) groups excluding carboxylic acids is 2. The predicted molar refractivity (Wildman–Crippen MR) is 104 cm³/mol. The molecule has 3 rings (SSSR count). The Kier molecular flexibility index (Phi) is 8.51. The first-order valence-corrected chi connectivity index (χ1v) is 10.8. The number of ether oxygens (including phenoxy) is 2. The number of hydrogen-bond acceptors (Lipinski definition) is 6. The molecule has 0 spiro atoms. The van der Waals surface area contributed by atoms with E-state index >= 15 is 0 Å². The SMILES string of the molecule is O=C(C[C@H]1CC[C@@H](NC(=O)CN2CCOCC2)[C@H](CO)O1)NC1CCCCC1. The maximum absolute atomic E-state index is 12.3. The van der Waals surface area contributed by atoms with Crippen LogP contribution in [0.25, 0.3) is 0 Å². The van der Waals surface area contributed by atoms with Crippen LogP contribution in [0, 0.1) is 0 Å². The third-order valence-electron chi connectivity index (χ3n) is 6.00. The third-order valence-corrected chi connectivity index (χ3v) is 6.00. The van der Waals surface area contributed by atoms with E-state index in [4.69, 9.17) is 9.47 Å². The monoisotopic (exact) mass is 397 g/mol. The molecule has 0 bridgehead atoms. The van der Waals surface area contributed by atoms with E-state index in [-0.39, 0.29) is 30.6 Å². The molecule has 0 aromatic heterocycles. The highest BCUT2D eigenvalue weighted by Crippen LogP contribution is 2.23. The molecule has 3 atom stereocenters. The van der Waals surface area contributed by atoms with E-state index < -0.39 is 6.10 Å². The summed E-state index contributed by atoms with van der Waals surface area (Å²) in [6.45, 7) is 3.01. The first kappa shape index (κ1) is 21.5. The van der Waals surface area contributed by atoms with E-state index in [1.807, 2.05) is 0 Å². The van der Waals surface area contributed by atoms with Gasteiger partial charge in [-0.05, 0) is 25.7 Å². The van der Waals surface area contributed by atoms with Crippen molar-refractivity contribution in [2.75, 3.05) is 39.5 Å². The molecule has 2 heterocycles. The van der Waals surface area contributed by atoms with Gasteiger partial charge in [-0.15, -0.1) is 0 Å². The van der Waals surface area contributed by atoms with Crippen LogP contribution in [0.15, 0.2) is 0 Å². The minimum atomic E-state index is -0.463. The van der Waals surface area contributed by atoms with Crippen LogP contribution < -0.4 is 10.6 Å². The molecule has 0 aromatic rings. The number of aliphatic hydroxyl groups excluding tert-OH is 1. The highest BCUT2D eigenvalue weighted by molar-refractivity contribution is 5.78. The number of nitrogens with one attached hydrogen (secondary N) is 2. The second-order valence-electron chi connectivity index (χ2n) is 8.23. The zero-order valence-corrected chi connectivity index (χ0v) is 16.7. The maximum atomic E-state index is 12.3. The fourth-order valence-electron chi connectivity index (χ4n) is 4.40. The Morgan fingerprint density at radius 1 is 0.964 bits per heavy atom. The first-order chi connectivity index (χ1) is 13.6. The van der Waals surface area contributed by atoms with E-state index in [9.17, 15) is 14.7 Å². The van der Waals surface area contributed by atoms with Gasteiger partial charge in [-0.2, -0.15) is 0 Å². The highest BCUT2D eigenvalue weighted by Gasteiger charge is 2.33. The summed E-state index contributed by atoms with van der Waals surface area (Å²) in [4.78, 5) is 26.7. The lowest BCUT2D eigenvalue weighted by Gasteiger charge is -2.36. The number of aliphatic hydroxyl groups is 1. The van der Waals surface area contributed by atoms with Crippen LogP contribution in [0.5, 0.6) is 0 Å². The third kappa shape index (κ3) is 6.69. The van der Waals surface area contributed by atoms with Crippen LogP contribution in [0.1, 0.15) is 51.4 Å². The van der Waals surface area contributed by atoms with Crippen LogP contribution in [0.2, 0.25) is 0 Å². The van der Waals surface area contributed by atoms with Crippen LogP contribution in [0.4, 0.5) is 0 Å². The fraction of sp³-hybridized carbons (Fsp3) is 0.900. The van der Waals surface area contributed by atoms with Crippen molar-refractivity contribution in [2.45, 2.75) is 75.7 Å². The van der Waals surface area contributed by atoms with Crippen LogP contribution in [-0.4, -0.2) is 85.6 Å². The Hall–Kier alpha value is -1.22. The molecule has 8 heteroatoms. The number of hydrogen-bond donors (Lipinski definition) is 3. The van der Waals surface area contributed by atoms with Crippen LogP contribution in [0.3, 0.4) is 0 Å². The number of carbonyl (C=O) groups is 2. The second-order valence-corrected chi connectivity index (χ2v) is 8.23. The predicted octanol–water partition coefficient (Wildman–Crippen LogP) is 0.182. The van der Waals surface area contributed by atoms with Crippen molar-refractivity contribution in [3.63, 3.8) is 0 Å². The van der Waals surface area contributed by atoms with Crippen molar-refractivity contribution in [2.24, 2.45) is 0 Å². The standard InChI is InChI=1S/C20H35N3O5/c24-14-18-17(22-20(26)13-23-8-10-27-11-9-23)7-6-16(28-18)12-19(25)21-15-4-2-1-3-5-15/h15-18,24H,1-14H2,(H,21,25)(H,22,26)/t16-,17-,18+/m1/s1. The smallest absolute Gasteiger partial charge is 0.234 e. The molecular weight excluding hydrogens is 362 g/mol. The van der Waals surface area contributed by atoms with Crippen molar-refractivity contribution in [1.29, 1.82) is 0 Å². The molecule has 1 saturated carbocycles. The number of morpholine rings is 1. The molecular formula is C20H35N3O5. The lowest BCUT2D eigenvalue weighted by molar-refractivity contribution is -0.137. The Bertz CT molecular complexity index is 506. The molecule has 28 heavy (non-hydrogen) atoms. The largest absolute Gasteiger partial charge is 0.394 e. The van der Waals surface area contributed by atoms with Gasteiger partial charge in [0.2, 0.25) is 11.8 Å². The minimum absolute atomic E-state index is 0.0309. The zero-order valence-electron chi connectivity index (χ0n) is 16.7. The number of rotatable bonds is 7. The zero-order chi connectivity index (χ0) is 19.8. The summed E-state index contributed by atoms with van der Waals surface area (Å²) in [6, 6.07) is 0.0851. The van der Waals surface area contributed by atoms with Gasteiger partial charge in [-0.1, -0.05) is 19.3 Å². The van der Waals surface area contributed by atoms with Gasteiger partial charge >= 0.3 is 0 Å². The molecule has 3 N–H and O–H groups in total. The van der Waals surface area contributed by atoms with Gasteiger partial charge in [0.15, 0.2) is 0 Å². The van der Waals surface area contributed by atoms with E-state index in [1.54, 1.807) is 0 Å². The summed E-state index contributed by atoms with van der Waals surface area (Å²) < 4.78 is 11.2. The van der Waals surface area contributed by atoms with Crippen molar-refractivity contribution >= 4 is 11.8 Å². The minimum Gasteiger partial charge on any atom is -0.394 e. The first-order valence-electron chi connectivity index (χ1n) is 10.8. The van der Waals surface area contributed by atoms with Gasteiger partial charge in [0.1, 0.15) is 6.10 Å². The maximum Gasteiger partial charge on any atom is 0.234 e. The Morgan fingerprint density at radius 2 is 1.71 bits per heavy atom. The van der Waals surface area contributed by atoms with E-state index in [0.29, 0.717) is 45.1 Å². The van der Waals surface area contributed by atoms with E-state index in [1.165, 1.54) is 19.3 Å². The molecule has 2 saturated heterocycles. The van der Waals surface area contributed by atoms with Crippen molar-refractivity contribution in [1.82, 2.24) is 15.5 Å².